The minimum Gasteiger partial charge on any atom is -0.489 e. The van der Waals surface area contributed by atoms with Crippen LogP contribution in [0.5, 0.6) is 5.75 Å². The molecule has 2 N–H and O–H groups in total. The first-order valence-electron chi connectivity index (χ1n) is 12.3. The predicted molar refractivity (Wildman–Crippen MR) is 148 cm³/mol. The molecule has 0 atom stereocenters. The van der Waals surface area contributed by atoms with Crippen LogP contribution in [0.4, 0.5) is 10.1 Å². The second-order valence-electron chi connectivity index (χ2n) is 8.91. The number of fused-ring (bicyclic) bond motifs is 1. The Kier molecular flexibility index (Phi) is 6.49. The van der Waals surface area contributed by atoms with Crippen molar-refractivity contribution in [1.82, 2.24) is 20.2 Å². The second kappa shape index (κ2) is 10.5. The number of H-pyrrole nitrogens is 1. The number of ether oxygens (including phenoxy) is 1. The summed E-state index contributed by atoms with van der Waals surface area (Å²) in [6, 6.07) is 27.0. The molecule has 0 aliphatic rings. The first kappa shape index (κ1) is 24.0. The van der Waals surface area contributed by atoms with Crippen LogP contribution >= 0.6 is 0 Å². The quantitative estimate of drug-likeness (QED) is 0.248. The molecule has 0 unspecified atom stereocenters. The van der Waals surface area contributed by atoms with E-state index in [2.05, 4.69) is 25.5 Å². The van der Waals surface area contributed by atoms with Crippen molar-refractivity contribution in [2.45, 2.75) is 6.61 Å². The number of pyridine rings is 2. The zero-order valence-electron chi connectivity index (χ0n) is 20.6. The molecule has 6 rings (SSSR count). The highest BCUT2D eigenvalue weighted by Gasteiger charge is 2.16. The van der Waals surface area contributed by atoms with E-state index in [-0.39, 0.29) is 17.4 Å². The lowest BCUT2D eigenvalue weighted by atomic mass is 10.0. The molecule has 190 valence electrons. The van der Waals surface area contributed by atoms with Crippen LogP contribution in [0.25, 0.3) is 33.3 Å². The number of nitrogens with one attached hydrogen (secondary N) is 2. The number of nitrogens with zero attached hydrogens (tertiary/aromatic N) is 3. The van der Waals surface area contributed by atoms with E-state index in [4.69, 9.17) is 4.74 Å². The first-order valence-corrected chi connectivity index (χ1v) is 12.3. The average Bonchev–Trinajstić information content (AvgIpc) is 3.41. The van der Waals surface area contributed by atoms with Gasteiger partial charge in [-0.2, -0.15) is 5.10 Å². The summed E-state index contributed by atoms with van der Waals surface area (Å²) in [4.78, 5) is 21.8. The van der Waals surface area contributed by atoms with Crippen molar-refractivity contribution in [1.29, 1.82) is 0 Å². The fourth-order valence-corrected chi connectivity index (χ4v) is 4.25. The summed E-state index contributed by atoms with van der Waals surface area (Å²) in [5, 5.41) is 10.7. The van der Waals surface area contributed by atoms with E-state index in [0.29, 0.717) is 28.9 Å². The topological polar surface area (TPSA) is 92.8 Å². The van der Waals surface area contributed by atoms with Gasteiger partial charge in [-0.05, 0) is 60.2 Å². The third-order valence-electron chi connectivity index (χ3n) is 6.20. The maximum Gasteiger partial charge on any atom is 0.276 e. The number of rotatable bonds is 7. The number of para-hydroxylation sites is 1. The summed E-state index contributed by atoms with van der Waals surface area (Å²) in [5.41, 5.74) is 5.48. The van der Waals surface area contributed by atoms with Crippen molar-refractivity contribution < 1.29 is 13.9 Å². The number of carbonyl (C=O) groups excluding carboxylic acids is 1. The fraction of sp³-hybridized carbons (Fsp3) is 0.0323. The van der Waals surface area contributed by atoms with Crippen molar-refractivity contribution >= 4 is 22.5 Å². The van der Waals surface area contributed by atoms with E-state index in [0.717, 1.165) is 28.0 Å². The number of hydrogen-bond donors (Lipinski definition) is 2. The highest BCUT2D eigenvalue weighted by molar-refractivity contribution is 6.11. The van der Waals surface area contributed by atoms with Gasteiger partial charge in [0.25, 0.3) is 5.91 Å². The monoisotopic (exact) mass is 515 g/mol. The predicted octanol–water partition coefficient (Wildman–Crippen LogP) is 6.66. The summed E-state index contributed by atoms with van der Waals surface area (Å²) >= 11 is 0. The maximum atomic E-state index is 13.5. The van der Waals surface area contributed by atoms with Crippen LogP contribution in [0.2, 0.25) is 0 Å². The largest absolute Gasteiger partial charge is 0.489 e. The standard InChI is InChI=1S/C31H22FN5O2/c32-24-6-4-5-22(14-24)28-12-10-25(18-34-28)35-31(38)30-27-15-21(9-11-29(27)36-37-30)23-13-20(16-33-17-23)19-39-26-7-2-1-3-8-26/h1-18H,19H2,(H,35,38)(H,36,37). The molecule has 3 aromatic heterocycles. The zero-order chi connectivity index (χ0) is 26.6. The first-order chi connectivity index (χ1) is 19.1. The van der Waals surface area contributed by atoms with Gasteiger partial charge in [0.05, 0.1) is 23.1 Å². The molecule has 0 radical (unpaired) electrons. The lowest BCUT2D eigenvalue weighted by Crippen LogP contribution is -2.13. The summed E-state index contributed by atoms with van der Waals surface area (Å²) in [6.45, 7) is 0.387. The van der Waals surface area contributed by atoms with Gasteiger partial charge >= 0.3 is 0 Å². The molecule has 0 bridgehead atoms. The van der Waals surface area contributed by atoms with Crippen LogP contribution in [0.15, 0.2) is 110 Å². The van der Waals surface area contributed by atoms with E-state index in [9.17, 15) is 9.18 Å². The van der Waals surface area contributed by atoms with E-state index in [1.165, 1.54) is 18.3 Å². The molecular formula is C31H22FN5O2. The van der Waals surface area contributed by atoms with E-state index in [1.807, 2.05) is 54.6 Å². The van der Waals surface area contributed by atoms with Crippen LogP contribution in [0.3, 0.4) is 0 Å². The van der Waals surface area contributed by atoms with Gasteiger partial charge in [-0.1, -0.05) is 36.4 Å². The smallest absolute Gasteiger partial charge is 0.276 e. The molecule has 0 saturated heterocycles. The Balaban J connectivity index is 1.20. The van der Waals surface area contributed by atoms with Gasteiger partial charge in [0, 0.05) is 34.5 Å². The molecule has 0 spiro atoms. The highest BCUT2D eigenvalue weighted by atomic mass is 19.1. The summed E-state index contributed by atoms with van der Waals surface area (Å²) < 4.78 is 19.4. The third-order valence-corrected chi connectivity index (χ3v) is 6.20. The lowest BCUT2D eigenvalue weighted by Gasteiger charge is -2.08. The SMILES string of the molecule is O=C(Nc1ccc(-c2cccc(F)c2)nc1)c1n[nH]c2ccc(-c3cncc(COc4ccccc4)c3)cc12. The van der Waals surface area contributed by atoms with Crippen LogP contribution in [0.1, 0.15) is 16.1 Å². The number of carbonyl (C=O) groups is 1. The second-order valence-corrected chi connectivity index (χ2v) is 8.91. The molecule has 39 heavy (non-hydrogen) atoms. The van der Waals surface area contributed by atoms with Crippen molar-refractivity contribution in [3.8, 4) is 28.1 Å². The van der Waals surface area contributed by atoms with Crippen LogP contribution in [-0.4, -0.2) is 26.1 Å². The van der Waals surface area contributed by atoms with Gasteiger partial charge in [-0.15, -0.1) is 0 Å². The third kappa shape index (κ3) is 5.35. The van der Waals surface area contributed by atoms with Crippen molar-refractivity contribution in [2.24, 2.45) is 0 Å². The van der Waals surface area contributed by atoms with E-state index >= 15 is 0 Å². The van der Waals surface area contributed by atoms with Gasteiger partial charge in [0.2, 0.25) is 0 Å². The molecule has 3 aromatic carbocycles. The van der Waals surface area contributed by atoms with Crippen LogP contribution < -0.4 is 10.1 Å². The number of amides is 1. The molecule has 6 aromatic rings. The summed E-state index contributed by atoms with van der Waals surface area (Å²) in [5.74, 6) is 0.0819. The van der Waals surface area contributed by atoms with Crippen molar-refractivity contribution in [3.05, 3.63) is 127 Å². The number of aromatic amines is 1. The maximum absolute atomic E-state index is 13.5. The Hall–Kier alpha value is -5.37. The molecule has 0 saturated carbocycles. The van der Waals surface area contributed by atoms with Crippen molar-refractivity contribution in [2.75, 3.05) is 5.32 Å². The molecular weight excluding hydrogens is 493 g/mol. The highest BCUT2D eigenvalue weighted by Crippen LogP contribution is 2.27. The number of aromatic nitrogens is 4. The Labute approximate surface area is 223 Å². The van der Waals surface area contributed by atoms with Gasteiger partial charge in [0.1, 0.15) is 18.2 Å². The summed E-state index contributed by atoms with van der Waals surface area (Å²) in [6.07, 6.45) is 5.08. The minimum absolute atomic E-state index is 0.262. The van der Waals surface area contributed by atoms with Crippen molar-refractivity contribution in [3.63, 3.8) is 0 Å². The average molecular weight is 516 g/mol. The Bertz CT molecular complexity index is 1770. The molecule has 0 aliphatic carbocycles. The van der Waals surface area contributed by atoms with E-state index < -0.39 is 0 Å². The Morgan fingerprint density at radius 3 is 2.56 bits per heavy atom. The Morgan fingerprint density at radius 1 is 0.846 bits per heavy atom. The molecule has 3 heterocycles. The lowest BCUT2D eigenvalue weighted by molar-refractivity contribution is 0.102. The molecule has 0 fully saturated rings. The van der Waals surface area contributed by atoms with E-state index in [1.54, 1.807) is 36.7 Å². The number of hydrogen-bond acceptors (Lipinski definition) is 5. The molecule has 7 nitrogen and oxygen atoms in total. The number of anilines is 1. The number of halogens is 1. The molecule has 0 aliphatic heterocycles. The molecule has 8 heteroatoms. The number of benzene rings is 3. The van der Waals surface area contributed by atoms with Gasteiger partial charge in [-0.25, -0.2) is 4.39 Å². The molecule has 1 amide bonds. The summed E-state index contributed by atoms with van der Waals surface area (Å²) in [7, 11) is 0. The minimum atomic E-state index is -0.373. The normalized spacial score (nSPS) is 10.9. The van der Waals surface area contributed by atoms with Gasteiger partial charge in [-0.3, -0.25) is 19.9 Å². The Morgan fingerprint density at radius 2 is 1.74 bits per heavy atom. The fourth-order valence-electron chi connectivity index (χ4n) is 4.25. The van der Waals surface area contributed by atoms with Gasteiger partial charge < -0.3 is 10.1 Å². The van der Waals surface area contributed by atoms with Crippen LogP contribution in [-0.2, 0) is 6.61 Å². The zero-order valence-corrected chi connectivity index (χ0v) is 20.6. The van der Waals surface area contributed by atoms with Gasteiger partial charge in [0.15, 0.2) is 5.69 Å². The van der Waals surface area contributed by atoms with Crippen LogP contribution in [0, 0.1) is 5.82 Å².